The van der Waals surface area contributed by atoms with Gasteiger partial charge < -0.3 is 9.80 Å². The van der Waals surface area contributed by atoms with Gasteiger partial charge in [-0.1, -0.05) is 13.8 Å². The second-order valence-corrected chi connectivity index (χ2v) is 7.02. The van der Waals surface area contributed by atoms with Crippen LogP contribution in [0.15, 0.2) is 18.5 Å². The molecule has 3 rings (SSSR count). The van der Waals surface area contributed by atoms with E-state index < -0.39 is 0 Å². The number of nitrogens with zero attached hydrogens (tertiary/aromatic N) is 4. The maximum atomic E-state index is 12.9. The van der Waals surface area contributed by atoms with Crippen LogP contribution in [0.4, 0.5) is 5.95 Å². The van der Waals surface area contributed by atoms with E-state index in [9.17, 15) is 4.79 Å². The van der Waals surface area contributed by atoms with Crippen LogP contribution < -0.4 is 4.90 Å². The molecule has 3 atom stereocenters. The van der Waals surface area contributed by atoms with Crippen LogP contribution in [0.5, 0.6) is 0 Å². The van der Waals surface area contributed by atoms with E-state index in [1.165, 1.54) is 6.42 Å². The van der Waals surface area contributed by atoms with E-state index in [1.807, 2.05) is 6.07 Å². The molecule has 0 unspecified atom stereocenters. The Morgan fingerprint density at radius 3 is 2.50 bits per heavy atom. The molecule has 1 aromatic heterocycles. The molecule has 2 saturated heterocycles. The van der Waals surface area contributed by atoms with Crippen LogP contribution in [0.25, 0.3) is 0 Å². The fourth-order valence-electron chi connectivity index (χ4n) is 3.92. The topological polar surface area (TPSA) is 49.3 Å². The summed E-state index contributed by atoms with van der Waals surface area (Å²) in [6.45, 7) is 8.04. The summed E-state index contributed by atoms with van der Waals surface area (Å²) < 4.78 is 0. The maximum Gasteiger partial charge on any atom is 0.227 e. The van der Waals surface area contributed by atoms with Crippen molar-refractivity contribution < 1.29 is 4.79 Å². The van der Waals surface area contributed by atoms with Crippen molar-refractivity contribution in [3.05, 3.63) is 18.5 Å². The molecule has 5 heteroatoms. The van der Waals surface area contributed by atoms with Gasteiger partial charge in [-0.25, -0.2) is 9.97 Å². The number of amides is 1. The largest absolute Gasteiger partial charge is 0.342 e. The van der Waals surface area contributed by atoms with Crippen LogP contribution in [0, 0.1) is 17.8 Å². The summed E-state index contributed by atoms with van der Waals surface area (Å²) in [5, 5.41) is 0. The lowest BCUT2D eigenvalue weighted by Crippen LogP contribution is -2.49. The zero-order chi connectivity index (χ0) is 15.5. The first-order valence-electron chi connectivity index (χ1n) is 8.44. The zero-order valence-electron chi connectivity index (χ0n) is 13.6. The highest BCUT2D eigenvalue weighted by molar-refractivity contribution is 5.79. The summed E-state index contributed by atoms with van der Waals surface area (Å²) in [4.78, 5) is 25.8. The second kappa shape index (κ2) is 6.63. The van der Waals surface area contributed by atoms with E-state index in [0.29, 0.717) is 17.7 Å². The molecule has 1 amide bonds. The number of hydrogen-bond acceptors (Lipinski definition) is 4. The quantitative estimate of drug-likeness (QED) is 0.840. The monoisotopic (exact) mass is 302 g/mol. The Morgan fingerprint density at radius 1 is 1.14 bits per heavy atom. The van der Waals surface area contributed by atoms with Crippen molar-refractivity contribution in [2.24, 2.45) is 17.8 Å². The lowest BCUT2D eigenvalue weighted by atomic mass is 9.89. The number of hydrogen-bond donors (Lipinski definition) is 0. The van der Waals surface area contributed by atoms with Crippen molar-refractivity contribution in [1.29, 1.82) is 0 Å². The third kappa shape index (κ3) is 3.39. The van der Waals surface area contributed by atoms with Crippen molar-refractivity contribution in [2.45, 2.75) is 33.1 Å². The van der Waals surface area contributed by atoms with E-state index in [2.05, 4.69) is 33.6 Å². The van der Waals surface area contributed by atoms with Crippen molar-refractivity contribution in [3.63, 3.8) is 0 Å². The molecule has 0 spiro atoms. The minimum Gasteiger partial charge on any atom is -0.342 e. The van der Waals surface area contributed by atoms with Crippen molar-refractivity contribution >= 4 is 11.9 Å². The maximum absolute atomic E-state index is 12.9. The fourth-order valence-corrected chi connectivity index (χ4v) is 3.92. The first kappa shape index (κ1) is 15.3. The minimum absolute atomic E-state index is 0.0926. The standard InChI is InChI=1S/C17H26N4O/c1-13-9-14(2)11-21(10-13)16(22)15-5-3-8-20(12-15)17-18-6-4-7-19-17/h4,6-7,13-15H,3,5,8-12H2,1-2H3/t13-,14+,15-/m1/s1. The van der Waals surface area contributed by atoms with Gasteiger partial charge >= 0.3 is 0 Å². The summed E-state index contributed by atoms with van der Waals surface area (Å²) >= 11 is 0. The van der Waals surface area contributed by atoms with Gasteiger partial charge in [0.05, 0.1) is 5.92 Å². The SMILES string of the molecule is C[C@@H]1C[C@H](C)CN(C(=O)[C@@H]2CCCN(c3ncccn3)C2)C1. The smallest absolute Gasteiger partial charge is 0.227 e. The number of piperidine rings is 2. The first-order chi connectivity index (χ1) is 10.6. The molecule has 120 valence electrons. The van der Waals surface area contributed by atoms with E-state index in [0.717, 1.165) is 45.0 Å². The average molecular weight is 302 g/mol. The Hall–Kier alpha value is -1.65. The molecule has 2 fully saturated rings. The highest BCUT2D eigenvalue weighted by atomic mass is 16.2. The van der Waals surface area contributed by atoms with Crippen molar-refractivity contribution in [3.8, 4) is 0 Å². The Labute approximate surface area is 132 Å². The molecular formula is C17H26N4O. The Balaban J connectivity index is 1.65. The van der Waals surface area contributed by atoms with Gasteiger partial charge in [-0.15, -0.1) is 0 Å². The van der Waals surface area contributed by atoms with Crippen LogP contribution in [-0.2, 0) is 4.79 Å². The molecule has 0 aliphatic carbocycles. The van der Waals surface area contributed by atoms with E-state index in [-0.39, 0.29) is 5.92 Å². The second-order valence-electron chi connectivity index (χ2n) is 7.02. The van der Waals surface area contributed by atoms with Gasteiger partial charge in [0.2, 0.25) is 11.9 Å². The van der Waals surface area contributed by atoms with E-state index in [1.54, 1.807) is 12.4 Å². The number of carbonyl (C=O) groups excluding carboxylic acids is 1. The minimum atomic E-state index is 0.0926. The van der Waals surface area contributed by atoms with Gasteiger partial charge in [-0.05, 0) is 37.2 Å². The van der Waals surface area contributed by atoms with Crippen molar-refractivity contribution in [2.75, 3.05) is 31.1 Å². The molecular weight excluding hydrogens is 276 g/mol. The fraction of sp³-hybridized carbons (Fsp3) is 0.706. The molecule has 0 saturated carbocycles. The Morgan fingerprint density at radius 2 is 1.82 bits per heavy atom. The summed E-state index contributed by atoms with van der Waals surface area (Å²) in [6, 6.07) is 1.83. The highest BCUT2D eigenvalue weighted by Crippen LogP contribution is 2.26. The Bertz CT molecular complexity index is 497. The van der Waals surface area contributed by atoms with Gasteiger partial charge in [-0.3, -0.25) is 4.79 Å². The van der Waals surface area contributed by atoms with Gasteiger partial charge in [0.25, 0.3) is 0 Å². The molecule has 0 aromatic carbocycles. The molecule has 0 bridgehead atoms. The summed E-state index contributed by atoms with van der Waals surface area (Å²) in [6.07, 6.45) is 6.79. The lowest BCUT2D eigenvalue weighted by Gasteiger charge is -2.39. The number of carbonyl (C=O) groups is 1. The Kier molecular flexibility index (Phi) is 4.60. The van der Waals surface area contributed by atoms with Crippen LogP contribution in [0.2, 0.25) is 0 Å². The summed E-state index contributed by atoms with van der Waals surface area (Å²) in [5.41, 5.74) is 0. The molecule has 2 aliphatic rings. The predicted molar refractivity (Wildman–Crippen MR) is 86.5 cm³/mol. The third-order valence-electron chi connectivity index (χ3n) is 4.79. The lowest BCUT2D eigenvalue weighted by molar-refractivity contribution is -0.138. The summed E-state index contributed by atoms with van der Waals surface area (Å²) in [7, 11) is 0. The zero-order valence-corrected chi connectivity index (χ0v) is 13.6. The molecule has 0 N–H and O–H groups in total. The molecule has 0 radical (unpaired) electrons. The third-order valence-corrected chi connectivity index (χ3v) is 4.79. The number of likely N-dealkylation sites (tertiary alicyclic amines) is 1. The highest BCUT2D eigenvalue weighted by Gasteiger charge is 2.33. The van der Waals surface area contributed by atoms with Crippen LogP contribution >= 0.6 is 0 Å². The molecule has 3 heterocycles. The average Bonchev–Trinajstić information content (AvgIpc) is 2.54. The molecule has 22 heavy (non-hydrogen) atoms. The molecule has 1 aromatic rings. The van der Waals surface area contributed by atoms with Crippen LogP contribution in [0.1, 0.15) is 33.1 Å². The normalized spacial score (nSPS) is 29.5. The number of anilines is 1. The van der Waals surface area contributed by atoms with E-state index in [4.69, 9.17) is 0 Å². The van der Waals surface area contributed by atoms with E-state index >= 15 is 0 Å². The van der Waals surface area contributed by atoms with Gasteiger partial charge in [0.1, 0.15) is 0 Å². The van der Waals surface area contributed by atoms with Gasteiger partial charge in [0, 0.05) is 38.6 Å². The van der Waals surface area contributed by atoms with Crippen LogP contribution in [-0.4, -0.2) is 47.0 Å². The van der Waals surface area contributed by atoms with Gasteiger partial charge in [-0.2, -0.15) is 0 Å². The number of aromatic nitrogens is 2. The molecule has 5 nitrogen and oxygen atoms in total. The van der Waals surface area contributed by atoms with Crippen molar-refractivity contribution in [1.82, 2.24) is 14.9 Å². The first-order valence-corrected chi connectivity index (χ1v) is 8.44. The predicted octanol–water partition coefficient (Wildman–Crippen LogP) is 2.20. The van der Waals surface area contributed by atoms with Gasteiger partial charge in [0.15, 0.2) is 0 Å². The molecule has 2 aliphatic heterocycles. The number of rotatable bonds is 2. The van der Waals surface area contributed by atoms with Crippen LogP contribution in [0.3, 0.4) is 0 Å². The summed E-state index contributed by atoms with van der Waals surface area (Å²) in [5.74, 6) is 2.41.